The van der Waals surface area contributed by atoms with Gasteiger partial charge in [-0.1, -0.05) is 23.7 Å². The number of aromatic nitrogens is 2. The highest BCUT2D eigenvalue weighted by Crippen LogP contribution is 2.23. The van der Waals surface area contributed by atoms with Crippen LogP contribution < -0.4 is 15.1 Å². The molecular weight excluding hydrogens is 365 g/mol. The Morgan fingerprint density at radius 1 is 0.926 bits per heavy atom. The number of hydrogen-bond acceptors (Lipinski definition) is 5. The topological polar surface area (TPSA) is 44.3 Å². The Bertz CT molecular complexity index is 928. The van der Waals surface area contributed by atoms with Crippen molar-refractivity contribution in [3.05, 3.63) is 71.6 Å². The van der Waals surface area contributed by atoms with Crippen LogP contribution in [0.4, 0.5) is 27.5 Å². The van der Waals surface area contributed by atoms with Crippen molar-refractivity contribution < 1.29 is 4.39 Å². The molecule has 0 atom stereocenters. The Hall–Kier alpha value is -2.86. The molecule has 0 aliphatic carbocycles. The van der Waals surface area contributed by atoms with E-state index >= 15 is 0 Å². The van der Waals surface area contributed by atoms with Crippen molar-refractivity contribution in [1.29, 1.82) is 0 Å². The van der Waals surface area contributed by atoms with Gasteiger partial charge in [-0.05, 0) is 42.5 Å². The van der Waals surface area contributed by atoms with Gasteiger partial charge < -0.3 is 15.1 Å². The van der Waals surface area contributed by atoms with Crippen LogP contribution in [0, 0.1) is 5.82 Å². The second kappa shape index (κ2) is 7.80. The average molecular weight is 384 g/mol. The standard InChI is InChI=1S/C20H19ClFN5/c21-15-3-1-6-18(13-15)26-9-11-27(12-10-26)19-7-8-23-20(25-19)24-17-5-2-4-16(22)14-17/h1-8,13-14H,9-12H2,(H,23,24,25). The van der Waals surface area contributed by atoms with Crippen molar-refractivity contribution in [3.8, 4) is 0 Å². The summed E-state index contributed by atoms with van der Waals surface area (Å²) < 4.78 is 13.3. The van der Waals surface area contributed by atoms with Gasteiger partial charge in [-0.2, -0.15) is 4.98 Å². The van der Waals surface area contributed by atoms with Gasteiger partial charge in [0.2, 0.25) is 5.95 Å². The number of hydrogen-bond donors (Lipinski definition) is 1. The van der Waals surface area contributed by atoms with Crippen molar-refractivity contribution in [2.75, 3.05) is 41.3 Å². The van der Waals surface area contributed by atoms with Crippen LogP contribution in [0.1, 0.15) is 0 Å². The second-order valence-electron chi connectivity index (χ2n) is 6.33. The summed E-state index contributed by atoms with van der Waals surface area (Å²) in [4.78, 5) is 13.3. The van der Waals surface area contributed by atoms with Crippen LogP contribution >= 0.6 is 11.6 Å². The van der Waals surface area contributed by atoms with Gasteiger partial charge in [0.1, 0.15) is 11.6 Å². The van der Waals surface area contributed by atoms with Gasteiger partial charge in [0.05, 0.1) is 0 Å². The molecule has 0 spiro atoms. The second-order valence-corrected chi connectivity index (χ2v) is 6.76. The van der Waals surface area contributed by atoms with E-state index < -0.39 is 0 Å². The van der Waals surface area contributed by atoms with Gasteiger partial charge in [-0.15, -0.1) is 0 Å². The fourth-order valence-electron chi connectivity index (χ4n) is 3.15. The summed E-state index contributed by atoms with van der Waals surface area (Å²) in [5, 5.41) is 3.80. The van der Waals surface area contributed by atoms with E-state index in [9.17, 15) is 4.39 Å². The minimum atomic E-state index is -0.298. The summed E-state index contributed by atoms with van der Waals surface area (Å²) in [6.45, 7) is 3.47. The largest absolute Gasteiger partial charge is 0.368 e. The quantitative estimate of drug-likeness (QED) is 0.726. The molecule has 4 rings (SSSR count). The summed E-state index contributed by atoms with van der Waals surface area (Å²) >= 11 is 6.10. The van der Waals surface area contributed by atoms with Crippen molar-refractivity contribution in [3.63, 3.8) is 0 Å². The van der Waals surface area contributed by atoms with Crippen LogP contribution in [0.5, 0.6) is 0 Å². The minimum Gasteiger partial charge on any atom is -0.368 e. The highest BCUT2D eigenvalue weighted by atomic mass is 35.5. The van der Waals surface area contributed by atoms with Crippen molar-refractivity contribution in [2.24, 2.45) is 0 Å². The van der Waals surface area contributed by atoms with Crippen molar-refractivity contribution in [2.45, 2.75) is 0 Å². The summed E-state index contributed by atoms with van der Waals surface area (Å²) in [7, 11) is 0. The predicted molar refractivity (Wildman–Crippen MR) is 108 cm³/mol. The Morgan fingerprint density at radius 2 is 1.70 bits per heavy atom. The average Bonchev–Trinajstić information content (AvgIpc) is 2.68. The van der Waals surface area contributed by atoms with E-state index in [2.05, 4.69) is 31.2 Å². The number of benzene rings is 2. The molecule has 2 heterocycles. The molecule has 0 amide bonds. The SMILES string of the molecule is Fc1cccc(Nc2nccc(N3CCN(c4cccc(Cl)c4)CC3)n2)c1. The van der Waals surface area contributed by atoms with E-state index in [1.54, 1.807) is 18.3 Å². The Kier molecular flexibility index (Phi) is 5.07. The summed E-state index contributed by atoms with van der Waals surface area (Å²) in [6, 6.07) is 16.1. The van der Waals surface area contributed by atoms with E-state index in [4.69, 9.17) is 11.6 Å². The van der Waals surface area contributed by atoms with Crippen LogP contribution in [0.15, 0.2) is 60.8 Å². The zero-order chi connectivity index (χ0) is 18.6. The molecule has 1 aliphatic rings. The molecule has 0 unspecified atom stereocenters. The van der Waals surface area contributed by atoms with E-state index in [0.29, 0.717) is 11.6 Å². The molecule has 2 aromatic carbocycles. The van der Waals surface area contributed by atoms with Crippen molar-refractivity contribution >= 4 is 34.7 Å². The smallest absolute Gasteiger partial charge is 0.229 e. The molecule has 0 radical (unpaired) electrons. The minimum absolute atomic E-state index is 0.298. The number of halogens is 2. The molecule has 5 nitrogen and oxygen atoms in total. The van der Waals surface area contributed by atoms with Gasteiger partial charge in [0, 0.05) is 48.8 Å². The van der Waals surface area contributed by atoms with Gasteiger partial charge in [0.15, 0.2) is 0 Å². The number of piperazine rings is 1. The number of nitrogens with one attached hydrogen (secondary N) is 1. The summed E-state index contributed by atoms with van der Waals surface area (Å²) in [5.41, 5.74) is 1.76. The first kappa shape index (κ1) is 17.5. The van der Waals surface area contributed by atoms with E-state index in [-0.39, 0.29) is 5.82 Å². The van der Waals surface area contributed by atoms with E-state index in [1.807, 2.05) is 24.3 Å². The molecule has 1 aromatic heterocycles. The molecular formula is C20H19ClFN5. The lowest BCUT2D eigenvalue weighted by atomic mass is 10.2. The molecule has 0 saturated carbocycles. The maximum atomic E-state index is 13.3. The zero-order valence-corrected chi connectivity index (χ0v) is 15.4. The monoisotopic (exact) mass is 383 g/mol. The third kappa shape index (κ3) is 4.28. The lowest BCUT2D eigenvalue weighted by molar-refractivity contribution is 0.628. The fraction of sp³-hybridized carbons (Fsp3) is 0.200. The maximum absolute atomic E-state index is 13.3. The molecule has 0 bridgehead atoms. The molecule has 1 fully saturated rings. The van der Waals surface area contributed by atoms with Gasteiger partial charge >= 0.3 is 0 Å². The van der Waals surface area contributed by atoms with Crippen LogP contribution in [-0.2, 0) is 0 Å². The first-order valence-corrected chi connectivity index (χ1v) is 9.16. The molecule has 1 saturated heterocycles. The molecule has 1 N–H and O–H groups in total. The molecule has 1 aliphatic heterocycles. The van der Waals surface area contributed by atoms with Gasteiger partial charge in [-0.25, -0.2) is 9.37 Å². The lowest BCUT2D eigenvalue weighted by Gasteiger charge is -2.36. The predicted octanol–water partition coefficient (Wildman–Crippen LogP) is 4.34. The lowest BCUT2D eigenvalue weighted by Crippen LogP contribution is -2.46. The Morgan fingerprint density at radius 3 is 2.48 bits per heavy atom. The third-order valence-corrected chi connectivity index (χ3v) is 4.73. The van der Waals surface area contributed by atoms with Gasteiger partial charge in [-0.3, -0.25) is 0 Å². The first-order valence-electron chi connectivity index (χ1n) is 8.78. The summed E-state index contributed by atoms with van der Waals surface area (Å²) in [5.74, 6) is 1.01. The number of rotatable bonds is 4. The number of anilines is 4. The molecule has 3 aromatic rings. The van der Waals surface area contributed by atoms with Crippen LogP contribution in [0.3, 0.4) is 0 Å². The molecule has 138 valence electrons. The van der Waals surface area contributed by atoms with Crippen LogP contribution in [-0.4, -0.2) is 36.1 Å². The molecule has 27 heavy (non-hydrogen) atoms. The highest BCUT2D eigenvalue weighted by molar-refractivity contribution is 6.30. The van der Waals surface area contributed by atoms with Crippen LogP contribution in [0.2, 0.25) is 5.02 Å². The number of nitrogens with zero attached hydrogens (tertiary/aromatic N) is 4. The molecule has 7 heteroatoms. The van der Waals surface area contributed by atoms with Crippen LogP contribution in [0.25, 0.3) is 0 Å². The van der Waals surface area contributed by atoms with Gasteiger partial charge in [0.25, 0.3) is 0 Å². The zero-order valence-electron chi connectivity index (χ0n) is 14.6. The summed E-state index contributed by atoms with van der Waals surface area (Å²) in [6.07, 6.45) is 1.72. The third-order valence-electron chi connectivity index (χ3n) is 4.50. The highest BCUT2D eigenvalue weighted by Gasteiger charge is 2.19. The maximum Gasteiger partial charge on any atom is 0.229 e. The Balaban J connectivity index is 1.42. The van der Waals surface area contributed by atoms with E-state index in [1.165, 1.54) is 12.1 Å². The fourth-order valence-corrected chi connectivity index (χ4v) is 3.33. The Labute approximate surface area is 162 Å². The van der Waals surface area contributed by atoms with E-state index in [0.717, 1.165) is 42.7 Å². The normalized spacial score (nSPS) is 14.3. The van der Waals surface area contributed by atoms with Crippen molar-refractivity contribution in [1.82, 2.24) is 9.97 Å². The first-order chi connectivity index (χ1) is 13.2.